The molecule has 0 radical (unpaired) electrons. The van der Waals surface area contributed by atoms with E-state index in [0.717, 1.165) is 17.5 Å². The smallest absolute Gasteiger partial charge is 0.276 e. The maximum Gasteiger partial charge on any atom is 0.276 e. The number of nitrogens with one attached hydrogen (secondary N) is 1. The molecule has 152 valence electrons. The van der Waals surface area contributed by atoms with Crippen molar-refractivity contribution in [2.24, 2.45) is 5.10 Å². The number of hydrogen-bond donors (Lipinski definition) is 1. The van der Waals surface area contributed by atoms with Gasteiger partial charge in [0.15, 0.2) is 11.5 Å². The van der Waals surface area contributed by atoms with Crippen molar-refractivity contribution in [2.45, 2.75) is 32.1 Å². The van der Waals surface area contributed by atoms with Crippen LogP contribution in [0.25, 0.3) is 0 Å². The molecule has 0 amide bonds. The van der Waals surface area contributed by atoms with Crippen molar-refractivity contribution in [1.29, 1.82) is 0 Å². The maximum absolute atomic E-state index is 12.4. The fraction of sp³-hybridized carbons (Fsp3) is 0.350. The molecule has 0 aliphatic heterocycles. The molecule has 0 aliphatic rings. The van der Waals surface area contributed by atoms with E-state index in [-0.39, 0.29) is 4.90 Å². The molecule has 0 bridgehead atoms. The molecule has 0 saturated carbocycles. The second-order valence-electron chi connectivity index (χ2n) is 6.20. The fourth-order valence-electron chi connectivity index (χ4n) is 2.43. The summed E-state index contributed by atoms with van der Waals surface area (Å²) in [5, 5.41) is 3.87. The number of benzene rings is 2. The lowest BCUT2D eigenvalue weighted by molar-refractivity contribution is 0.275. The topological polar surface area (TPSA) is 86.2 Å². The number of rotatable bonds is 9. The average Bonchev–Trinajstić information content (AvgIpc) is 2.67. The molecule has 0 unspecified atom stereocenters. The van der Waals surface area contributed by atoms with Crippen LogP contribution >= 0.6 is 0 Å². The van der Waals surface area contributed by atoms with Gasteiger partial charge >= 0.3 is 0 Å². The molecular weight excluding hydrogens is 380 g/mol. The zero-order valence-corrected chi connectivity index (χ0v) is 17.6. The van der Waals surface area contributed by atoms with E-state index in [2.05, 4.69) is 9.93 Å². The van der Waals surface area contributed by atoms with Gasteiger partial charge in [0.05, 0.1) is 31.9 Å². The summed E-state index contributed by atoms with van der Waals surface area (Å²) in [6.07, 6.45) is 2.23. The number of ether oxygens (including phenoxy) is 3. The minimum atomic E-state index is -3.76. The number of sulfonamides is 1. The summed E-state index contributed by atoms with van der Waals surface area (Å²) in [5.41, 5.74) is 2.51. The van der Waals surface area contributed by atoms with Crippen LogP contribution in [0.15, 0.2) is 40.3 Å². The summed E-state index contributed by atoms with van der Waals surface area (Å²) in [4.78, 5) is 2.38. The molecule has 28 heavy (non-hydrogen) atoms. The molecule has 0 heterocycles. The Morgan fingerprint density at radius 2 is 1.68 bits per heavy atom. The quantitative estimate of drug-likeness (QED) is 0.509. The first kappa shape index (κ1) is 21.6. The third kappa shape index (κ3) is 5.16. The summed E-state index contributed by atoms with van der Waals surface area (Å²) < 4.78 is 41.2. The summed E-state index contributed by atoms with van der Waals surface area (Å²) >= 11 is 0. The van der Waals surface area contributed by atoms with Gasteiger partial charge in [-0.2, -0.15) is 13.5 Å². The Morgan fingerprint density at radius 3 is 2.21 bits per heavy atom. The Bertz CT molecular complexity index is 930. The number of hydrazone groups is 1. The Morgan fingerprint density at radius 1 is 1.04 bits per heavy atom. The molecule has 2 rings (SSSR count). The minimum absolute atomic E-state index is 0.159. The van der Waals surface area contributed by atoms with Crippen molar-refractivity contribution in [3.63, 3.8) is 0 Å². The maximum atomic E-state index is 12.4. The Hall–Kier alpha value is -2.74. The highest BCUT2D eigenvalue weighted by atomic mass is 32.2. The van der Waals surface area contributed by atoms with Gasteiger partial charge in [-0.05, 0) is 55.7 Å². The van der Waals surface area contributed by atoms with E-state index in [1.165, 1.54) is 20.4 Å². The van der Waals surface area contributed by atoms with Crippen molar-refractivity contribution >= 4 is 16.2 Å². The van der Waals surface area contributed by atoms with E-state index in [9.17, 15) is 8.42 Å². The van der Waals surface area contributed by atoms with Crippen LogP contribution in [0, 0.1) is 13.8 Å². The van der Waals surface area contributed by atoms with Crippen molar-refractivity contribution in [2.75, 3.05) is 20.8 Å². The first-order chi connectivity index (χ1) is 13.3. The SMILES string of the molecule is CCCOc1c(OC)cc(/C=N/NS(=O)(=O)c2ccc(C)c(C)c2)cc1OC. The van der Waals surface area contributed by atoms with Gasteiger partial charge in [0.1, 0.15) is 0 Å². The van der Waals surface area contributed by atoms with Gasteiger partial charge in [0.2, 0.25) is 5.75 Å². The van der Waals surface area contributed by atoms with Gasteiger partial charge in [-0.15, -0.1) is 0 Å². The lowest BCUT2D eigenvalue weighted by Crippen LogP contribution is -2.18. The van der Waals surface area contributed by atoms with Crippen molar-refractivity contribution in [3.8, 4) is 17.2 Å². The standard InChI is InChI=1S/C20H26N2O5S/c1-6-9-27-20-18(25-4)11-16(12-19(20)26-5)13-21-22-28(23,24)17-8-7-14(2)15(3)10-17/h7-8,10-13,22H,6,9H2,1-5H3/b21-13+. The minimum Gasteiger partial charge on any atom is -0.493 e. The van der Waals surface area contributed by atoms with Crippen LogP contribution in [0.2, 0.25) is 0 Å². The summed E-state index contributed by atoms with van der Waals surface area (Å²) in [6.45, 7) is 6.31. The number of methoxy groups -OCH3 is 2. The second kappa shape index (κ2) is 9.45. The molecule has 0 saturated heterocycles. The molecule has 0 fully saturated rings. The normalized spacial score (nSPS) is 11.5. The van der Waals surface area contributed by atoms with Crippen LogP contribution < -0.4 is 19.0 Å². The van der Waals surface area contributed by atoms with Crippen molar-refractivity contribution in [1.82, 2.24) is 4.83 Å². The summed E-state index contributed by atoms with van der Waals surface area (Å²) in [5.74, 6) is 1.46. The van der Waals surface area contributed by atoms with Gasteiger partial charge < -0.3 is 14.2 Å². The first-order valence-electron chi connectivity index (χ1n) is 8.83. The largest absolute Gasteiger partial charge is 0.493 e. The van der Waals surface area contributed by atoms with Gasteiger partial charge in [0.25, 0.3) is 10.0 Å². The monoisotopic (exact) mass is 406 g/mol. The third-order valence-electron chi connectivity index (χ3n) is 4.11. The Kier molecular flexibility index (Phi) is 7.28. The lowest BCUT2D eigenvalue weighted by Gasteiger charge is -2.14. The Labute approximate surface area is 166 Å². The molecule has 0 spiro atoms. The molecule has 2 aromatic rings. The molecular formula is C20H26N2O5S. The van der Waals surface area contributed by atoms with E-state index in [4.69, 9.17) is 14.2 Å². The van der Waals surface area contributed by atoms with Crippen LogP contribution in [0.5, 0.6) is 17.2 Å². The zero-order chi connectivity index (χ0) is 20.7. The first-order valence-corrected chi connectivity index (χ1v) is 10.3. The van der Waals surface area contributed by atoms with Gasteiger partial charge in [-0.3, -0.25) is 0 Å². The van der Waals surface area contributed by atoms with Crippen LogP contribution in [0.4, 0.5) is 0 Å². The fourth-order valence-corrected chi connectivity index (χ4v) is 3.30. The van der Waals surface area contributed by atoms with Crippen LogP contribution in [0.1, 0.15) is 30.0 Å². The van der Waals surface area contributed by atoms with Crippen LogP contribution in [0.3, 0.4) is 0 Å². The van der Waals surface area contributed by atoms with Crippen LogP contribution in [-0.4, -0.2) is 35.5 Å². The molecule has 0 aromatic heterocycles. The predicted octanol–water partition coefficient (Wildman–Crippen LogP) is 3.42. The van der Waals surface area contributed by atoms with Crippen molar-refractivity contribution < 1.29 is 22.6 Å². The lowest BCUT2D eigenvalue weighted by atomic mass is 10.1. The molecule has 0 aliphatic carbocycles. The van der Waals surface area contributed by atoms with Crippen LogP contribution in [-0.2, 0) is 10.0 Å². The highest BCUT2D eigenvalue weighted by Gasteiger charge is 2.15. The van der Waals surface area contributed by atoms with Crippen molar-refractivity contribution in [3.05, 3.63) is 47.0 Å². The number of aryl methyl sites for hydroxylation is 2. The number of nitrogens with zero attached hydrogens (tertiary/aromatic N) is 1. The van der Waals surface area contributed by atoms with Gasteiger partial charge in [-0.1, -0.05) is 13.0 Å². The highest BCUT2D eigenvalue weighted by Crippen LogP contribution is 2.38. The highest BCUT2D eigenvalue weighted by molar-refractivity contribution is 7.89. The zero-order valence-electron chi connectivity index (χ0n) is 16.8. The van der Waals surface area contributed by atoms with Gasteiger partial charge in [-0.25, -0.2) is 4.83 Å². The van der Waals surface area contributed by atoms with E-state index < -0.39 is 10.0 Å². The summed E-state index contributed by atoms with van der Waals surface area (Å²) in [7, 11) is -0.707. The summed E-state index contributed by atoms with van der Waals surface area (Å²) in [6, 6.07) is 8.31. The second-order valence-corrected chi connectivity index (χ2v) is 7.86. The number of hydrogen-bond acceptors (Lipinski definition) is 6. The molecule has 2 aromatic carbocycles. The van der Waals surface area contributed by atoms with E-state index >= 15 is 0 Å². The van der Waals surface area contributed by atoms with E-state index in [1.54, 1.807) is 30.3 Å². The average molecular weight is 407 g/mol. The Balaban J connectivity index is 2.24. The molecule has 8 heteroatoms. The van der Waals surface area contributed by atoms with E-state index in [0.29, 0.717) is 29.4 Å². The molecule has 1 N–H and O–H groups in total. The van der Waals surface area contributed by atoms with E-state index in [1.807, 2.05) is 20.8 Å². The predicted molar refractivity (Wildman–Crippen MR) is 109 cm³/mol. The molecule has 7 nitrogen and oxygen atoms in total. The van der Waals surface area contributed by atoms with Gasteiger partial charge in [0, 0.05) is 5.56 Å². The third-order valence-corrected chi connectivity index (χ3v) is 5.33. The molecule has 0 atom stereocenters.